The number of hydrogen-bond acceptors (Lipinski definition) is 6. The molecule has 2 amide bonds. The Labute approximate surface area is 161 Å². The molecule has 1 unspecified atom stereocenters. The number of nitrogens with one attached hydrogen (secondary N) is 1. The number of thioether (sulfide) groups is 1. The van der Waals surface area contributed by atoms with Crippen LogP contribution in [-0.4, -0.2) is 49.8 Å². The van der Waals surface area contributed by atoms with Gasteiger partial charge in [0.25, 0.3) is 5.91 Å². The fourth-order valence-electron chi connectivity index (χ4n) is 2.02. The molecule has 25 heavy (non-hydrogen) atoms. The van der Waals surface area contributed by atoms with E-state index in [4.69, 9.17) is 17.3 Å². The van der Waals surface area contributed by atoms with Crippen LogP contribution in [0.5, 0.6) is 5.75 Å². The number of hydrogen-bond donors (Lipinski definition) is 3. The molecule has 3 N–H and O–H groups in total. The summed E-state index contributed by atoms with van der Waals surface area (Å²) in [5.41, 5.74) is 0.429. The van der Waals surface area contributed by atoms with Gasteiger partial charge in [0.1, 0.15) is 22.7 Å². The van der Waals surface area contributed by atoms with Gasteiger partial charge in [-0.05, 0) is 31.2 Å². The van der Waals surface area contributed by atoms with Crippen LogP contribution in [0.4, 0.5) is 0 Å². The number of phenols is 1. The highest BCUT2D eigenvalue weighted by molar-refractivity contribution is 9.10. The highest BCUT2D eigenvalue weighted by atomic mass is 79.9. The van der Waals surface area contributed by atoms with E-state index in [1.54, 1.807) is 12.1 Å². The molecule has 0 bridgehead atoms. The van der Waals surface area contributed by atoms with Crippen LogP contribution >= 0.6 is 39.9 Å². The second kappa shape index (κ2) is 7.98. The minimum absolute atomic E-state index is 0.000665. The lowest BCUT2D eigenvalue weighted by atomic mass is 10.2. The molecule has 0 spiro atoms. The summed E-state index contributed by atoms with van der Waals surface area (Å²) in [6.45, 7) is 0.918. The maximum absolute atomic E-state index is 12.6. The van der Waals surface area contributed by atoms with Gasteiger partial charge in [-0.1, -0.05) is 39.9 Å². The molecular formula is C15H13BrN2O5S2. The predicted octanol–water partition coefficient (Wildman–Crippen LogP) is 1.95. The molecule has 0 aliphatic carbocycles. The summed E-state index contributed by atoms with van der Waals surface area (Å²) in [6, 6.07) is 3.84. The molecule has 1 aromatic rings. The quantitative estimate of drug-likeness (QED) is 0.470. The average molecular weight is 445 g/mol. The van der Waals surface area contributed by atoms with Crippen molar-refractivity contribution in [2.75, 3.05) is 6.54 Å². The van der Waals surface area contributed by atoms with Crippen LogP contribution in [0, 0.1) is 0 Å². The van der Waals surface area contributed by atoms with E-state index in [0.717, 1.165) is 21.1 Å². The zero-order valence-electron chi connectivity index (χ0n) is 12.9. The Morgan fingerprint density at radius 2 is 2.16 bits per heavy atom. The molecule has 10 heteroatoms. The summed E-state index contributed by atoms with van der Waals surface area (Å²) in [6.07, 6.45) is 1.49. The minimum atomic E-state index is -1.18. The van der Waals surface area contributed by atoms with Crippen molar-refractivity contribution in [1.82, 2.24) is 10.2 Å². The number of halogens is 1. The van der Waals surface area contributed by atoms with Crippen molar-refractivity contribution in [3.05, 3.63) is 33.1 Å². The van der Waals surface area contributed by atoms with Crippen molar-refractivity contribution in [1.29, 1.82) is 0 Å². The Morgan fingerprint density at radius 3 is 2.80 bits per heavy atom. The number of aromatic hydroxyl groups is 1. The highest BCUT2D eigenvalue weighted by Gasteiger charge is 2.38. The number of nitrogens with zero attached hydrogens (tertiary/aromatic N) is 1. The van der Waals surface area contributed by atoms with E-state index in [1.807, 2.05) is 0 Å². The van der Waals surface area contributed by atoms with Gasteiger partial charge in [-0.15, -0.1) is 0 Å². The first-order valence-corrected chi connectivity index (χ1v) is 8.97. The largest absolute Gasteiger partial charge is 0.507 e. The van der Waals surface area contributed by atoms with Crippen molar-refractivity contribution in [2.45, 2.75) is 13.0 Å². The van der Waals surface area contributed by atoms with Crippen LogP contribution in [0.1, 0.15) is 12.5 Å². The smallest absolute Gasteiger partial charge is 0.322 e. The lowest BCUT2D eigenvalue weighted by Crippen LogP contribution is -2.48. The fourth-order valence-corrected chi connectivity index (χ4v) is 3.81. The highest BCUT2D eigenvalue weighted by Crippen LogP contribution is 2.35. The number of carbonyl (C=O) groups excluding carboxylic acids is 2. The first kappa shape index (κ1) is 19.4. The maximum atomic E-state index is 12.6. The molecule has 1 saturated heterocycles. The van der Waals surface area contributed by atoms with Gasteiger partial charge in [-0.2, -0.15) is 0 Å². The van der Waals surface area contributed by atoms with Gasteiger partial charge < -0.3 is 15.5 Å². The lowest BCUT2D eigenvalue weighted by molar-refractivity contribution is -0.139. The third kappa shape index (κ3) is 4.59. The van der Waals surface area contributed by atoms with Crippen molar-refractivity contribution in [3.8, 4) is 5.75 Å². The van der Waals surface area contributed by atoms with Crippen LogP contribution in [-0.2, 0) is 14.4 Å². The van der Waals surface area contributed by atoms with Crippen LogP contribution in [0.3, 0.4) is 0 Å². The molecule has 1 aliphatic rings. The second-order valence-electron chi connectivity index (χ2n) is 5.04. The number of carboxylic acids is 1. The number of benzene rings is 1. The van der Waals surface area contributed by atoms with Crippen molar-refractivity contribution >= 4 is 68.1 Å². The van der Waals surface area contributed by atoms with Crippen molar-refractivity contribution in [3.63, 3.8) is 0 Å². The number of rotatable bonds is 5. The van der Waals surface area contributed by atoms with E-state index >= 15 is 0 Å². The van der Waals surface area contributed by atoms with Gasteiger partial charge in [-0.3, -0.25) is 19.3 Å². The molecule has 132 valence electrons. The van der Waals surface area contributed by atoms with Crippen LogP contribution < -0.4 is 5.32 Å². The number of amides is 2. The Balaban J connectivity index is 2.21. The molecule has 1 fully saturated rings. The predicted molar refractivity (Wildman–Crippen MR) is 101 cm³/mol. The third-order valence-corrected chi connectivity index (χ3v) is 5.10. The summed E-state index contributed by atoms with van der Waals surface area (Å²) in [4.78, 5) is 36.5. The number of aliphatic carboxylic acids is 1. The Kier molecular flexibility index (Phi) is 6.20. The van der Waals surface area contributed by atoms with E-state index in [9.17, 15) is 19.5 Å². The van der Waals surface area contributed by atoms with E-state index in [0.29, 0.717) is 5.56 Å². The fraction of sp³-hybridized carbons (Fsp3) is 0.200. The first-order chi connectivity index (χ1) is 11.7. The Hall–Kier alpha value is -1.91. The van der Waals surface area contributed by atoms with E-state index < -0.39 is 30.4 Å². The van der Waals surface area contributed by atoms with Gasteiger partial charge in [0.05, 0.1) is 4.91 Å². The normalized spacial score (nSPS) is 17.0. The van der Waals surface area contributed by atoms with E-state index in [1.165, 1.54) is 19.1 Å². The molecule has 1 heterocycles. The Morgan fingerprint density at radius 1 is 1.48 bits per heavy atom. The molecule has 1 aromatic carbocycles. The molecule has 2 rings (SSSR count). The summed E-state index contributed by atoms with van der Waals surface area (Å²) in [5.74, 6) is -2.28. The van der Waals surface area contributed by atoms with Gasteiger partial charge in [0.15, 0.2) is 0 Å². The Bertz CT molecular complexity index is 796. The molecular weight excluding hydrogens is 432 g/mol. The zero-order chi connectivity index (χ0) is 18.7. The summed E-state index contributed by atoms with van der Waals surface area (Å²) in [7, 11) is 0. The number of carbonyl (C=O) groups is 3. The van der Waals surface area contributed by atoms with E-state index in [2.05, 4.69) is 21.2 Å². The van der Waals surface area contributed by atoms with Crippen molar-refractivity contribution < 1.29 is 24.6 Å². The standard InChI is InChI=1S/C15H13BrN2O5S2/c1-7(13(22)17-6-12(20)21)18-14(23)11(25-15(18)24)5-8-4-9(16)2-3-10(8)19/h2-5,7,19H,6H2,1H3,(H,17,22)(H,20,21)/b11-5-. The summed E-state index contributed by atoms with van der Waals surface area (Å²) >= 11 is 9.45. The topological polar surface area (TPSA) is 107 Å². The molecule has 7 nitrogen and oxygen atoms in total. The number of carboxylic acid groups (broad SMARTS) is 1. The molecule has 0 aromatic heterocycles. The van der Waals surface area contributed by atoms with Crippen LogP contribution in [0.2, 0.25) is 0 Å². The minimum Gasteiger partial charge on any atom is -0.507 e. The first-order valence-electron chi connectivity index (χ1n) is 6.95. The van der Waals surface area contributed by atoms with Gasteiger partial charge in [0.2, 0.25) is 5.91 Å². The average Bonchev–Trinajstić information content (AvgIpc) is 2.81. The zero-order valence-corrected chi connectivity index (χ0v) is 16.1. The molecule has 0 radical (unpaired) electrons. The van der Waals surface area contributed by atoms with Crippen LogP contribution in [0.25, 0.3) is 6.08 Å². The SMILES string of the molecule is CC(C(=O)NCC(=O)O)N1C(=O)/C(=C/c2cc(Br)ccc2O)SC1=S. The van der Waals surface area contributed by atoms with E-state index in [-0.39, 0.29) is 15.0 Å². The molecule has 0 saturated carbocycles. The van der Waals surface area contributed by atoms with Crippen molar-refractivity contribution in [2.24, 2.45) is 0 Å². The molecule has 1 aliphatic heterocycles. The summed E-state index contributed by atoms with van der Waals surface area (Å²) < 4.78 is 0.914. The molecule has 1 atom stereocenters. The monoisotopic (exact) mass is 444 g/mol. The number of phenolic OH excluding ortho intramolecular Hbond substituents is 1. The lowest BCUT2D eigenvalue weighted by Gasteiger charge is -2.21. The van der Waals surface area contributed by atoms with Crippen LogP contribution in [0.15, 0.2) is 27.6 Å². The van der Waals surface area contributed by atoms with Gasteiger partial charge in [-0.25, -0.2) is 0 Å². The van der Waals surface area contributed by atoms with Gasteiger partial charge in [0, 0.05) is 10.0 Å². The third-order valence-electron chi connectivity index (χ3n) is 3.28. The second-order valence-corrected chi connectivity index (χ2v) is 7.63. The summed E-state index contributed by atoms with van der Waals surface area (Å²) in [5, 5.41) is 20.7. The number of thiocarbonyl (C=S) groups is 1. The maximum Gasteiger partial charge on any atom is 0.322 e. The van der Waals surface area contributed by atoms with Gasteiger partial charge >= 0.3 is 5.97 Å².